The molecule has 1 aromatic carbocycles. The van der Waals surface area contributed by atoms with Crippen molar-refractivity contribution in [3.63, 3.8) is 0 Å². The predicted octanol–water partition coefficient (Wildman–Crippen LogP) is 2.02. The Balaban J connectivity index is 2.02. The van der Waals surface area contributed by atoms with E-state index in [4.69, 9.17) is 5.73 Å². The molecule has 96 valence electrons. The monoisotopic (exact) mass is 253 g/mol. The van der Waals surface area contributed by atoms with Gasteiger partial charge in [-0.1, -0.05) is 12.1 Å². The topological polar surface area (TPSA) is 69.6 Å². The van der Waals surface area contributed by atoms with Gasteiger partial charge in [-0.05, 0) is 31.2 Å². The Morgan fingerprint density at radius 3 is 2.68 bits per heavy atom. The van der Waals surface area contributed by atoms with Crippen LogP contribution in [0, 0.1) is 0 Å². The van der Waals surface area contributed by atoms with Gasteiger partial charge in [0, 0.05) is 6.54 Å². The number of anilines is 1. The summed E-state index contributed by atoms with van der Waals surface area (Å²) in [5, 5.41) is 7.97. The lowest BCUT2D eigenvalue weighted by atomic mass is 10.3. The molecule has 19 heavy (non-hydrogen) atoms. The molecule has 0 fully saturated rings. The summed E-state index contributed by atoms with van der Waals surface area (Å²) in [6.07, 6.45) is 0.663. The molecule has 0 radical (unpaired) electrons. The molecule has 0 atom stereocenters. The Hall–Kier alpha value is -2.43. The molecule has 3 rings (SSSR count). The van der Waals surface area contributed by atoms with Gasteiger partial charge in [0.15, 0.2) is 0 Å². The van der Waals surface area contributed by atoms with Crippen LogP contribution in [0.1, 0.15) is 18.4 Å². The summed E-state index contributed by atoms with van der Waals surface area (Å²) in [5.41, 5.74) is 8.59. The maximum atomic E-state index is 5.54. The van der Waals surface area contributed by atoms with Crippen molar-refractivity contribution >= 4 is 16.9 Å². The molecule has 0 bridgehead atoms. The zero-order chi connectivity index (χ0) is 13.2. The second kappa shape index (κ2) is 4.68. The van der Waals surface area contributed by atoms with Crippen molar-refractivity contribution in [3.8, 4) is 0 Å². The number of fused-ring (bicyclic) bond motifs is 1. The summed E-state index contributed by atoms with van der Waals surface area (Å²) in [4.78, 5) is 4.67. The molecular formula is C14H15N5. The molecule has 0 spiro atoms. The van der Waals surface area contributed by atoms with Gasteiger partial charge < -0.3 is 10.3 Å². The van der Waals surface area contributed by atoms with Gasteiger partial charge in [0.05, 0.1) is 23.1 Å². The second-order valence-electron chi connectivity index (χ2n) is 4.39. The molecule has 5 nitrogen and oxygen atoms in total. The van der Waals surface area contributed by atoms with Gasteiger partial charge in [0.25, 0.3) is 0 Å². The molecular weight excluding hydrogens is 238 g/mol. The molecule has 2 N–H and O–H groups in total. The third kappa shape index (κ3) is 2.14. The summed E-state index contributed by atoms with van der Waals surface area (Å²) in [6, 6.07) is 11.8. The van der Waals surface area contributed by atoms with Crippen LogP contribution >= 0.6 is 0 Å². The Bertz CT molecular complexity index is 699. The number of nitrogens with zero attached hydrogens (tertiary/aromatic N) is 4. The average Bonchev–Trinajstić information content (AvgIpc) is 2.78. The highest BCUT2D eigenvalue weighted by Gasteiger charge is 2.10. The van der Waals surface area contributed by atoms with Gasteiger partial charge in [-0.3, -0.25) is 0 Å². The van der Waals surface area contributed by atoms with E-state index in [1.54, 1.807) is 6.07 Å². The molecule has 0 saturated carbocycles. The summed E-state index contributed by atoms with van der Waals surface area (Å²) < 4.78 is 2.20. The fraction of sp³-hybridized carbons (Fsp3) is 0.214. The first kappa shape index (κ1) is 11.6. The Labute approximate surface area is 111 Å². The lowest BCUT2D eigenvalue weighted by Gasteiger charge is -2.05. The number of aryl methyl sites for hydroxylation is 1. The van der Waals surface area contributed by atoms with Crippen LogP contribution in [-0.4, -0.2) is 19.7 Å². The van der Waals surface area contributed by atoms with E-state index < -0.39 is 0 Å². The van der Waals surface area contributed by atoms with E-state index in [0.29, 0.717) is 12.2 Å². The van der Waals surface area contributed by atoms with Gasteiger partial charge in [0.1, 0.15) is 11.6 Å². The predicted molar refractivity (Wildman–Crippen MR) is 74.7 cm³/mol. The number of aromatic nitrogens is 4. The lowest BCUT2D eigenvalue weighted by Crippen LogP contribution is -2.05. The van der Waals surface area contributed by atoms with Crippen molar-refractivity contribution in [2.75, 3.05) is 5.73 Å². The van der Waals surface area contributed by atoms with Crippen LogP contribution in [0.2, 0.25) is 0 Å². The summed E-state index contributed by atoms with van der Waals surface area (Å²) in [7, 11) is 0. The minimum Gasteiger partial charge on any atom is -0.382 e. The average molecular weight is 253 g/mol. The SMILES string of the molecule is CCn1c(Cc2ccc(N)nn2)nc2ccccc21. The van der Waals surface area contributed by atoms with Crippen molar-refractivity contribution in [2.24, 2.45) is 0 Å². The molecule has 5 heteroatoms. The third-order valence-electron chi connectivity index (χ3n) is 3.13. The van der Waals surface area contributed by atoms with Gasteiger partial charge in [-0.2, -0.15) is 5.10 Å². The lowest BCUT2D eigenvalue weighted by molar-refractivity contribution is 0.725. The first-order valence-corrected chi connectivity index (χ1v) is 6.30. The maximum Gasteiger partial charge on any atom is 0.146 e. The van der Waals surface area contributed by atoms with Crippen LogP contribution < -0.4 is 5.73 Å². The zero-order valence-corrected chi connectivity index (χ0v) is 10.7. The smallest absolute Gasteiger partial charge is 0.146 e. The normalized spacial score (nSPS) is 11.0. The first-order chi connectivity index (χ1) is 9.28. The summed E-state index contributed by atoms with van der Waals surface area (Å²) >= 11 is 0. The molecule has 0 saturated heterocycles. The van der Waals surface area contributed by atoms with Crippen LogP contribution in [0.15, 0.2) is 36.4 Å². The van der Waals surface area contributed by atoms with Crippen molar-refractivity contribution in [2.45, 2.75) is 19.9 Å². The van der Waals surface area contributed by atoms with Crippen molar-refractivity contribution < 1.29 is 0 Å². The fourth-order valence-electron chi connectivity index (χ4n) is 2.24. The van der Waals surface area contributed by atoms with E-state index in [2.05, 4.69) is 32.7 Å². The number of para-hydroxylation sites is 2. The van der Waals surface area contributed by atoms with E-state index in [1.807, 2.05) is 24.3 Å². The van der Waals surface area contributed by atoms with Gasteiger partial charge in [-0.15, -0.1) is 5.10 Å². The first-order valence-electron chi connectivity index (χ1n) is 6.30. The molecule has 2 aromatic heterocycles. The largest absolute Gasteiger partial charge is 0.382 e. The van der Waals surface area contributed by atoms with Crippen molar-refractivity contribution in [1.29, 1.82) is 0 Å². The minimum atomic E-state index is 0.438. The van der Waals surface area contributed by atoms with Gasteiger partial charge in [-0.25, -0.2) is 4.98 Å². The molecule has 3 aromatic rings. The number of rotatable bonds is 3. The number of imidazole rings is 1. The van der Waals surface area contributed by atoms with Crippen molar-refractivity contribution in [3.05, 3.63) is 47.9 Å². The zero-order valence-electron chi connectivity index (χ0n) is 10.7. The van der Waals surface area contributed by atoms with E-state index in [1.165, 1.54) is 0 Å². The summed E-state index contributed by atoms with van der Waals surface area (Å²) in [6.45, 7) is 3.00. The third-order valence-corrected chi connectivity index (χ3v) is 3.13. The standard InChI is InChI=1S/C14H15N5/c1-2-19-12-6-4-3-5-11(12)16-14(19)9-10-7-8-13(15)18-17-10/h3-8H,2,9H2,1H3,(H2,15,18). The van der Waals surface area contributed by atoms with Gasteiger partial charge in [0.2, 0.25) is 0 Å². The van der Waals surface area contributed by atoms with E-state index in [0.717, 1.165) is 29.1 Å². The fourth-order valence-corrected chi connectivity index (χ4v) is 2.24. The van der Waals surface area contributed by atoms with Crippen LogP contribution in [0.3, 0.4) is 0 Å². The highest BCUT2D eigenvalue weighted by molar-refractivity contribution is 5.75. The van der Waals surface area contributed by atoms with Crippen LogP contribution in [-0.2, 0) is 13.0 Å². The van der Waals surface area contributed by atoms with Crippen LogP contribution in [0.5, 0.6) is 0 Å². The van der Waals surface area contributed by atoms with E-state index in [-0.39, 0.29) is 0 Å². The quantitative estimate of drug-likeness (QED) is 0.775. The Morgan fingerprint density at radius 2 is 1.95 bits per heavy atom. The highest BCUT2D eigenvalue weighted by atomic mass is 15.1. The summed E-state index contributed by atoms with van der Waals surface area (Å²) in [5.74, 6) is 1.44. The van der Waals surface area contributed by atoms with Gasteiger partial charge >= 0.3 is 0 Å². The van der Waals surface area contributed by atoms with E-state index in [9.17, 15) is 0 Å². The number of nitrogens with two attached hydrogens (primary N) is 1. The number of hydrogen-bond acceptors (Lipinski definition) is 4. The van der Waals surface area contributed by atoms with Crippen LogP contribution in [0.4, 0.5) is 5.82 Å². The van der Waals surface area contributed by atoms with E-state index >= 15 is 0 Å². The molecule has 0 amide bonds. The molecule has 0 unspecified atom stereocenters. The van der Waals surface area contributed by atoms with Crippen molar-refractivity contribution in [1.82, 2.24) is 19.7 Å². The maximum absolute atomic E-state index is 5.54. The number of benzene rings is 1. The Morgan fingerprint density at radius 1 is 1.11 bits per heavy atom. The molecule has 0 aliphatic carbocycles. The number of hydrogen-bond donors (Lipinski definition) is 1. The molecule has 2 heterocycles. The molecule has 0 aliphatic heterocycles. The highest BCUT2D eigenvalue weighted by Crippen LogP contribution is 2.17. The Kier molecular flexibility index (Phi) is 2.87. The second-order valence-corrected chi connectivity index (χ2v) is 4.39. The molecule has 0 aliphatic rings. The minimum absolute atomic E-state index is 0.438. The number of nitrogen functional groups attached to an aromatic ring is 1. The van der Waals surface area contributed by atoms with Crippen LogP contribution in [0.25, 0.3) is 11.0 Å².